The van der Waals surface area contributed by atoms with Crippen molar-refractivity contribution in [3.8, 4) is 0 Å². The number of rotatable bonds is 6. The lowest BCUT2D eigenvalue weighted by Gasteiger charge is -2.36. The van der Waals surface area contributed by atoms with Crippen molar-refractivity contribution in [2.45, 2.75) is 91.6 Å². The molecule has 0 radical (unpaired) electrons. The third-order valence-corrected chi connectivity index (χ3v) is 8.79. The first-order valence-corrected chi connectivity index (χ1v) is 11.4. The molecule has 0 aliphatic heterocycles. The van der Waals surface area contributed by atoms with Gasteiger partial charge in [-0.1, -0.05) is 39.3 Å². The summed E-state index contributed by atoms with van der Waals surface area (Å²) in [6.45, 7) is 21.4. The minimum absolute atomic E-state index is 0.0575. The Morgan fingerprint density at radius 2 is 1.70 bits per heavy atom. The molecule has 1 atom stereocenters. The van der Waals surface area contributed by atoms with Crippen LogP contribution in [-0.4, -0.2) is 32.7 Å². The molecule has 0 aromatic carbocycles. The van der Waals surface area contributed by atoms with Crippen molar-refractivity contribution in [1.82, 2.24) is 5.32 Å². The van der Waals surface area contributed by atoms with Crippen LogP contribution < -0.4 is 5.32 Å². The topological polar surface area (TPSA) is 47.6 Å². The molecule has 0 rings (SSSR count). The highest BCUT2D eigenvalue weighted by Gasteiger charge is 2.36. The molecule has 0 spiro atoms. The molecule has 136 valence electrons. The van der Waals surface area contributed by atoms with Crippen molar-refractivity contribution in [2.24, 2.45) is 0 Å². The summed E-state index contributed by atoms with van der Waals surface area (Å²) in [7, 11) is -1.74. The number of alkyl carbamates (subject to hydrolysis) is 1. The third kappa shape index (κ3) is 8.56. The van der Waals surface area contributed by atoms with Crippen LogP contribution in [0.5, 0.6) is 0 Å². The minimum atomic E-state index is -1.74. The van der Waals surface area contributed by atoms with E-state index < -0.39 is 13.9 Å². The number of carbonyl (C=O) groups is 1. The quantitative estimate of drug-likeness (QED) is 0.529. The van der Waals surface area contributed by atoms with Crippen LogP contribution in [0.3, 0.4) is 0 Å². The molecule has 0 aliphatic rings. The zero-order valence-corrected chi connectivity index (χ0v) is 17.8. The van der Waals surface area contributed by atoms with Gasteiger partial charge in [0.1, 0.15) is 5.60 Å². The molecule has 1 N–H and O–H groups in total. The smallest absolute Gasteiger partial charge is 0.408 e. The number of hydrogen-bond donors (Lipinski definition) is 1. The number of ether oxygens (including phenoxy) is 1. The maximum Gasteiger partial charge on any atom is 0.408 e. The second kappa shape index (κ2) is 8.33. The normalized spacial score (nSPS) is 15.3. The Balaban J connectivity index is 4.67. The SMILES string of the molecule is CCC(=CCO[Si](C)(C)C(C)(C)C)C(C)NC(=O)OC(C)(C)C. The van der Waals surface area contributed by atoms with E-state index in [1.807, 2.05) is 27.7 Å². The Bertz CT molecular complexity index is 417. The molecule has 0 aromatic heterocycles. The zero-order valence-electron chi connectivity index (χ0n) is 16.8. The molecule has 0 heterocycles. The molecule has 1 unspecified atom stereocenters. The van der Waals surface area contributed by atoms with E-state index in [-0.39, 0.29) is 17.2 Å². The van der Waals surface area contributed by atoms with E-state index in [1.54, 1.807) is 0 Å². The number of carbonyl (C=O) groups excluding carboxylic acids is 1. The van der Waals surface area contributed by atoms with Gasteiger partial charge in [-0.3, -0.25) is 0 Å². The van der Waals surface area contributed by atoms with Gasteiger partial charge in [0, 0.05) is 0 Å². The molecule has 0 saturated heterocycles. The average molecular weight is 344 g/mol. The zero-order chi connectivity index (χ0) is 18.5. The molecular formula is C18H37NO3Si. The molecule has 0 aromatic rings. The Hall–Kier alpha value is -0.813. The van der Waals surface area contributed by atoms with E-state index in [1.165, 1.54) is 0 Å². The van der Waals surface area contributed by atoms with Crippen LogP contribution in [0.25, 0.3) is 0 Å². The molecule has 0 saturated carbocycles. The maximum absolute atomic E-state index is 11.9. The maximum atomic E-state index is 11.9. The van der Waals surface area contributed by atoms with Crippen LogP contribution in [0.4, 0.5) is 4.79 Å². The van der Waals surface area contributed by atoms with Gasteiger partial charge in [0.2, 0.25) is 0 Å². The van der Waals surface area contributed by atoms with Crippen LogP contribution in [0.2, 0.25) is 18.1 Å². The summed E-state index contributed by atoms with van der Waals surface area (Å²) in [5, 5.41) is 3.09. The van der Waals surface area contributed by atoms with Crippen molar-refractivity contribution in [2.75, 3.05) is 6.61 Å². The van der Waals surface area contributed by atoms with Crippen molar-refractivity contribution in [3.05, 3.63) is 11.6 Å². The first kappa shape index (κ1) is 22.2. The monoisotopic (exact) mass is 343 g/mol. The van der Waals surface area contributed by atoms with Gasteiger partial charge in [0.05, 0.1) is 12.6 Å². The average Bonchev–Trinajstić information content (AvgIpc) is 2.30. The largest absolute Gasteiger partial charge is 0.444 e. The van der Waals surface area contributed by atoms with Gasteiger partial charge < -0.3 is 14.5 Å². The summed E-state index contributed by atoms with van der Waals surface area (Å²) in [6, 6.07) is -0.0575. The Morgan fingerprint density at radius 1 is 1.17 bits per heavy atom. The first-order valence-electron chi connectivity index (χ1n) is 8.52. The lowest BCUT2D eigenvalue weighted by Crippen LogP contribution is -2.41. The first-order chi connectivity index (χ1) is 10.2. The van der Waals surface area contributed by atoms with Gasteiger partial charge in [-0.25, -0.2) is 4.79 Å². The van der Waals surface area contributed by atoms with E-state index in [0.717, 1.165) is 12.0 Å². The minimum Gasteiger partial charge on any atom is -0.444 e. The summed E-state index contributed by atoms with van der Waals surface area (Å²) >= 11 is 0. The highest BCUT2D eigenvalue weighted by atomic mass is 28.4. The predicted molar refractivity (Wildman–Crippen MR) is 100 cm³/mol. The summed E-state index contributed by atoms with van der Waals surface area (Å²) in [6.07, 6.45) is 2.59. The van der Waals surface area contributed by atoms with Gasteiger partial charge in [-0.2, -0.15) is 0 Å². The van der Waals surface area contributed by atoms with E-state index in [9.17, 15) is 4.79 Å². The van der Waals surface area contributed by atoms with Crippen molar-refractivity contribution < 1.29 is 14.0 Å². The van der Waals surface area contributed by atoms with Crippen LogP contribution in [-0.2, 0) is 9.16 Å². The van der Waals surface area contributed by atoms with Gasteiger partial charge in [-0.05, 0) is 52.2 Å². The van der Waals surface area contributed by atoms with Crippen LogP contribution in [0.1, 0.15) is 61.8 Å². The predicted octanol–water partition coefficient (Wildman–Crippen LogP) is 5.26. The molecule has 5 heteroatoms. The molecule has 4 nitrogen and oxygen atoms in total. The molecule has 0 aliphatic carbocycles. The molecule has 23 heavy (non-hydrogen) atoms. The lowest BCUT2D eigenvalue weighted by atomic mass is 10.1. The van der Waals surface area contributed by atoms with Gasteiger partial charge in [-0.15, -0.1) is 0 Å². The summed E-state index contributed by atoms with van der Waals surface area (Å²) in [5.41, 5.74) is 0.681. The molecule has 0 bridgehead atoms. The van der Waals surface area contributed by atoms with E-state index >= 15 is 0 Å². The Kier molecular flexibility index (Phi) is 8.04. The molecule has 1 amide bonds. The van der Waals surface area contributed by atoms with E-state index in [2.05, 4.69) is 52.2 Å². The van der Waals surface area contributed by atoms with Crippen molar-refractivity contribution in [1.29, 1.82) is 0 Å². The van der Waals surface area contributed by atoms with Crippen molar-refractivity contribution >= 4 is 14.4 Å². The molecular weight excluding hydrogens is 306 g/mol. The second-order valence-corrected chi connectivity index (χ2v) is 13.4. The van der Waals surface area contributed by atoms with Crippen LogP contribution in [0, 0.1) is 0 Å². The fourth-order valence-corrected chi connectivity index (χ4v) is 2.71. The Morgan fingerprint density at radius 3 is 2.09 bits per heavy atom. The fourth-order valence-electron chi connectivity index (χ4n) is 1.78. The molecule has 0 fully saturated rings. The highest BCUT2D eigenvalue weighted by Crippen LogP contribution is 2.36. The van der Waals surface area contributed by atoms with Crippen LogP contribution >= 0.6 is 0 Å². The lowest BCUT2D eigenvalue weighted by molar-refractivity contribution is 0.0515. The number of amides is 1. The van der Waals surface area contributed by atoms with Gasteiger partial charge >= 0.3 is 6.09 Å². The van der Waals surface area contributed by atoms with E-state index in [4.69, 9.17) is 9.16 Å². The summed E-state index contributed by atoms with van der Waals surface area (Å²) in [5.74, 6) is 0. The third-order valence-electron chi connectivity index (χ3n) is 4.29. The van der Waals surface area contributed by atoms with Crippen LogP contribution in [0.15, 0.2) is 11.6 Å². The number of hydrogen-bond acceptors (Lipinski definition) is 3. The standard InChI is InChI=1S/C18H37NO3Si/c1-11-15(12-13-21-23(9,10)18(6,7)8)14(2)19-16(20)22-17(3,4)5/h12,14H,11,13H2,1-10H3,(H,19,20). The van der Waals surface area contributed by atoms with Gasteiger partial charge in [0.25, 0.3) is 0 Å². The van der Waals surface area contributed by atoms with Gasteiger partial charge in [0.15, 0.2) is 8.32 Å². The van der Waals surface area contributed by atoms with E-state index in [0.29, 0.717) is 6.61 Å². The summed E-state index contributed by atoms with van der Waals surface area (Å²) in [4.78, 5) is 11.9. The fraction of sp³-hybridized carbons (Fsp3) is 0.833. The number of nitrogens with one attached hydrogen (secondary N) is 1. The Labute approximate surface area is 144 Å². The summed E-state index contributed by atoms with van der Waals surface area (Å²) < 4.78 is 11.5. The second-order valence-electron chi connectivity index (χ2n) is 8.57. The van der Waals surface area contributed by atoms with Crippen molar-refractivity contribution in [3.63, 3.8) is 0 Å². The highest BCUT2D eigenvalue weighted by molar-refractivity contribution is 6.74.